The van der Waals surface area contributed by atoms with Gasteiger partial charge in [-0.1, -0.05) is 44.5 Å². The summed E-state index contributed by atoms with van der Waals surface area (Å²) < 4.78 is 0. The van der Waals surface area contributed by atoms with E-state index in [0.717, 1.165) is 37.6 Å². The van der Waals surface area contributed by atoms with E-state index in [9.17, 15) is 0 Å². The number of pyridine rings is 1. The Labute approximate surface area is 127 Å². The Bertz CT molecular complexity index is 596. The van der Waals surface area contributed by atoms with Crippen LogP contribution >= 0.6 is 0 Å². The van der Waals surface area contributed by atoms with Gasteiger partial charge < -0.3 is 5.32 Å². The molecular weight excluding hydrogens is 258 g/mol. The van der Waals surface area contributed by atoms with E-state index in [1.165, 1.54) is 17.5 Å². The van der Waals surface area contributed by atoms with Crippen molar-refractivity contribution in [2.45, 2.75) is 32.9 Å². The topological polar surface area (TPSA) is 28.2 Å². The first-order valence-electron chi connectivity index (χ1n) is 8.06. The van der Waals surface area contributed by atoms with Crippen LogP contribution in [0.3, 0.4) is 0 Å². The minimum Gasteiger partial charge on any atom is -0.311 e. The molecule has 0 radical (unpaired) electrons. The van der Waals surface area contributed by atoms with Crippen LogP contribution in [-0.4, -0.2) is 35.6 Å². The number of hydrogen-bond acceptors (Lipinski definition) is 3. The highest BCUT2D eigenvalue weighted by Crippen LogP contribution is 2.16. The number of nitrogens with one attached hydrogen (secondary N) is 1. The van der Waals surface area contributed by atoms with Gasteiger partial charge >= 0.3 is 0 Å². The fourth-order valence-electron chi connectivity index (χ4n) is 3.08. The van der Waals surface area contributed by atoms with Crippen molar-refractivity contribution in [3.63, 3.8) is 0 Å². The summed E-state index contributed by atoms with van der Waals surface area (Å²) in [6.07, 6.45) is 1.24. The van der Waals surface area contributed by atoms with Crippen LogP contribution in [0.25, 0.3) is 10.9 Å². The van der Waals surface area contributed by atoms with Crippen LogP contribution in [0.2, 0.25) is 0 Å². The predicted octanol–water partition coefficient (Wildman–Crippen LogP) is 3.05. The zero-order valence-corrected chi connectivity index (χ0v) is 13.0. The summed E-state index contributed by atoms with van der Waals surface area (Å²) in [5.41, 5.74) is 2.28. The number of nitrogens with zero attached hydrogens (tertiary/aromatic N) is 2. The Kier molecular flexibility index (Phi) is 4.51. The highest BCUT2D eigenvalue weighted by atomic mass is 15.2. The van der Waals surface area contributed by atoms with Gasteiger partial charge in [-0.3, -0.25) is 9.88 Å². The molecular formula is C18H25N3. The first-order chi connectivity index (χ1) is 10.3. The van der Waals surface area contributed by atoms with Gasteiger partial charge in [0.1, 0.15) is 0 Å². The van der Waals surface area contributed by atoms with Gasteiger partial charge in [-0.2, -0.15) is 0 Å². The molecule has 2 unspecified atom stereocenters. The average molecular weight is 283 g/mol. The van der Waals surface area contributed by atoms with E-state index in [2.05, 4.69) is 60.5 Å². The highest BCUT2D eigenvalue weighted by Gasteiger charge is 2.23. The summed E-state index contributed by atoms with van der Waals surface area (Å²) in [4.78, 5) is 7.33. The lowest BCUT2D eigenvalue weighted by Gasteiger charge is -2.36. The molecule has 3 nitrogen and oxygen atoms in total. The molecule has 21 heavy (non-hydrogen) atoms. The number of fused-ring (bicyclic) bond motifs is 1. The third-order valence-electron chi connectivity index (χ3n) is 4.66. The van der Waals surface area contributed by atoms with E-state index in [1.54, 1.807) is 0 Å². The zero-order chi connectivity index (χ0) is 14.7. The predicted molar refractivity (Wildman–Crippen MR) is 88.3 cm³/mol. The van der Waals surface area contributed by atoms with Crippen LogP contribution in [0.5, 0.6) is 0 Å². The number of hydrogen-bond donors (Lipinski definition) is 1. The molecule has 1 N–H and O–H groups in total. The third kappa shape index (κ3) is 3.42. The summed E-state index contributed by atoms with van der Waals surface area (Å²) >= 11 is 0. The molecule has 0 bridgehead atoms. The van der Waals surface area contributed by atoms with E-state index < -0.39 is 0 Å². The number of rotatable bonds is 4. The molecule has 112 valence electrons. The van der Waals surface area contributed by atoms with Crippen LogP contribution < -0.4 is 5.32 Å². The molecule has 1 fully saturated rings. The van der Waals surface area contributed by atoms with Crippen LogP contribution in [0, 0.1) is 5.92 Å². The van der Waals surface area contributed by atoms with Crippen molar-refractivity contribution < 1.29 is 0 Å². The Morgan fingerprint density at radius 2 is 2.14 bits per heavy atom. The number of para-hydroxylation sites is 1. The molecule has 3 rings (SSSR count). The molecule has 2 aromatic rings. The monoisotopic (exact) mass is 283 g/mol. The summed E-state index contributed by atoms with van der Waals surface area (Å²) in [6, 6.07) is 13.3. The Morgan fingerprint density at radius 3 is 3.00 bits per heavy atom. The summed E-state index contributed by atoms with van der Waals surface area (Å²) in [7, 11) is 0. The van der Waals surface area contributed by atoms with Gasteiger partial charge in [-0.15, -0.1) is 0 Å². The zero-order valence-electron chi connectivity index (χ0n) is 13.0. The van der Waals surface area contributed by atoms with Gasteiger partial charge in [0, 0.05) is 37.6 Å². The van der Waals surface area contributed by atoms with Crippen molar-refractivity contribution in [1.82, 2.24) is 15.2 Å². The van der Waals surface area contributed by atoms with Crippen molar-refractivity contribution in [1.29, 1.82) is 0 Å². The maximum Gasteiger partial charge on any atom is 0.0705 e. The summed E-state index contributed by atoms with van der Waals surface area (Å²) in [6.45, 7) is 8.90. The van der Waals surface area contributed by atoms with Crippen molar-refractivity contribution in [3.05, 3.63) is 42.1 Å². The van der Waals surface area contributed by atoms with Crippen LogP contribution in [0.15, 0.2) is 36.4 Å². The van der Waals surface area contributed by atoms with Crippen LogP contribution in [-0.2, 0) is 6.54 Å². The molecule has 1 saturated heterocycles. The molecule has 0 spiro atoms. The molecule has 1 aliphatic rings. The van der Waals surface area contributed by atoms with E-state index in [-0.39, 0.29) is 0 Å². The van der Waals surface area contributed by atoms with E-state index >= 15 is 0 Å². The van der Waals surface area contributed by atoms with Crippen molar-refractivity contribution in [2.75, 3.05) is 19.6 Å². The summed E-state index contributed by atoms with van der Waals surface area (Å²) in [5.74, 6) is 0.734. The lowest BCUT2D eigenvalue weighted by molar-refractivity contribution is 0.161. The average Bonchev–Trinajstić information content (AvgIpc) is 2.54. The van der Waals surface area contributed by atoms with E-state index in [1.807, 2.05) is 0 Å². The fraction of sp³-hybridized carbons (Fsp3) is 0.500. The van der Waals surface area contributed by atoms with Crippen LogP contribution in [0.1, 0.15) is 26.0 Å². The molecule has 0 saturated carbocycles. The molecule has 1 aromatic carbocycles. The molecule has 2 heterocycles. The molecule has 2 atom stereocenters. The minimum absolute atomic E-state index is 0.615. The van der Waals surface area contributed by atoms with Crippen molar-refractivity contribution in [3.8, 4) is 0 Å². The van der Waals surface area contributed by atoms with Gasteiger partial charge in [-0.25, -0.2) is 0 Å². The van der Waals surface area contributed by atoms with Crippen molar-refractivity contribution in [2.24, 2.45) is 5.92 Å². The second kappa shape index (κ2) is 6.54. The Hall–Kier alpha value is -1.45. The van der Waals surface area contributed by atoms with Gasteiger partial charge in [0.05, 0.1) is 11.2 Å². The molecule has 0 amide bonds. The van der Waals surface area contributed by atoms with Gasteiger partial charge in [0.15, 0.2) is 0 Å². The number of benzene rings is 1. The normalized spacial score (nSPS) is 21.5. The minimum atomic E-state index is 0.615. The highest BCUT2D eigenvalue weighted by molar-refractivity contribution is 5.78. The van der Waals surface area contributed by atoms with E-state index in [0.29, 0.717) is 6.04 Å². The molecule has 1 aliphatic heterocycles. The smallest absolute Gasteiger partial charge is 0.0705 e. The first kappa shape index (κ1) is 14.5. The number of piperazine rings is 1. The lowest BCUT2D eigenvalue weighted by Crippen LogP contribution is -2.52. The van der Waals surface area contributed by atoms with Crippen molar-refractivity contribution >= 4 is 10.9 Å². The SMILES string of the molecule is CCC(C)C1CN(Cc2ccc3ccccc3n2)CCN1. The first-order valence-corrected chi connectivity index (χ1v) is 8.06. The van der Waals surface area contributed by atoms with Gasteiger partial charge in [-0.05, 0) is 18.1 Å². The Morgan fingerprint density at radius 1 is 1.29 bits per heavy atom. The summed E-state index contributed by atoms with van der Waals surface area (Å²) in [5, 5.41) is 4.87. The lowest BCUT2D eigenvalue weighted by atomic mass is 9.97. The second-order valence-electron chi connectivity index (χ2n) is 6.18. The van der Waals surface area contributed by atoms with Gasteiger partial charge in [0.2, 0.25) is 0 Å². The maximum absolute atomic E-state index is 4.80. The standard InChI is InChI=1S/C18H25N3/c1-3-14(2)18-13-21(11-10-19-18)12-16-9-8-15-6-4-5-7-17(15)20-16/h4-9,14,18-19H,3,10-13H2,1-2H3. The third-order valence-corrected chi connectivity index (χ3v) is 4.66. The van der Waals surface area contributed by atoms with E-state index in [4.69, 9.17) is 4.98 Å². The van der Waals surface area contributed by atoms with Gasteiger partial charge in [0.25, 0.3) is 0 Å². The fourth-order valence-corrected chi connectivity index (χ4v) is 3.08. The Balaban J connectivity index is 1.69. The second-order valence-corrected chi connectivity index (χ2v) is 6.18. The maximum atomic E-state index is 4.80. The molecule has 0 aliphatic carbocycles. The molecule has 3 heteroatoms. The largest absolute Gasteiger partial charge is 0.311 e. The number of aromatic nitrogens is 1. The quantitative estimate of drug-likeness (QED) is 0.935. The molecule has 1 aromatic heterocycles. The van der Waals surface area contributed by atoms with Crippen LogP contribution in [0.4, 0.5) is 0 Å².